The van der Waals surface area contributed by atoms with Crippen LogP contribution in [0.3, 0.4) is 0 Å². The molecule has 0 unspecified atom stereocenters. The van der Waals surface area contributed by atoms with Crippen molar-refractivity contribution in [3.05, 3.63) is 47.0 Å². The van der Waals surface area contributed by atoms with Gasteiger partial charge >= 0.3 is 0 Å². The standard InChI is InChI=1S/C19H27ClN6.HI/c1-3-17-25-24-14-26(17)11-10-22-18(21-4-2)23-13-19(8-9-19)15-6-5-7-16(20)12-15;/h5-7,12,14H,3-4,8-11,13H2,1-2H3,(H2,21,22,23);1H. The maximum Gasteiger partial charge on any atom is 0.191 e. The lowest BCUT2D eigenvalue weighted by atomic mass is 9.96. The first-order valence-electron chi connectivity index (χ1n) is 9.32. The molecule has 1 aromatic carbocycles. The van der Waals surface area contributed by atoms with Crippen LogP contribution in [0.5, 0.6) is 0 Å². The first-order chi connectivity index (χ1) is 12.7. The number of aryl methyl sites for hydroxylation is 1. The van der Waals surface area contributed by atoms with Gasteiger partial charge in [-0.15, -0.1) is 34.2 Å². The van der Waals surface area contributed by atoms with Crippen molar-refractivity contribution in [2.45, 2.75) is 45.1 Å². The van der Waals surface area contributed by atoms with Crippen LogP contribution >= 0.6 is 35.6 Å². The van der Waals surface area contributed by atoms with Crippen molar-refractivity contribution < 1.29 is 0 Å². The Hall–Kier alpha value is -1.35. The van der Waals surface area contributed by atoms with E-state index >= 15 is 0 Å². The maximum absolute atomic E-state index is 6.16. The molecule has 0 amide bonds. The quantitative estimate of drug-likeness (QED) is 0.330. The summed E-state index contributed by atoms with van der Waals surface area (Å²) >= 11 is 6.16. The highest BCUT2D eigenvalue weighted by Crippen LogP contribution is 2.48. The summed E-state index contributed by atoms with van der Waals surface area (Å²) in [6.45, 7) is 7.37. The first kappa shape index (κ1) is 21.9. The Morgan fingerprint density at radius 1 is 1.30 bits per heavy atom. The lowest BCUT2D eigenvalue weighted by molar-refractivity contribution is 0.629. The smallest absolute Gasteiger partial charge is 0.191 e. The molecular weight excluding hydrogens is 475 g/mol. The van der Waals surface area contributed by atoms with Gasteiger partial charge in [0, 0.05) is 36.5 Å². The molecule has 148 valence electrons. The molecule has 2 aromatic rings. The van der Waals surface area contributed by atoms with Gasteiger partial charge in [0.25, 0.3) is 0 Å². The van der Waals surface area contributed by atoms with Crippen molar-refractivity contribution in [3.63, 3.8) is 0 Å². The monoisotopic (exact) mass is 502 g/mol. The second kappa shape index (κ2) is 10.3. The van der Waals surface area contributed by atoms with E-state index in [2.05, 4.69) is 51.4 Å². The van der Waals surface area contributed by atoms with E-state index in [4.69, 9.17) is 16.6 Å². The molecule has 1 aliphatic carbocycles. The topological polar surface area (TPSA) is 67.1 Å². The van der Waals surface area contributed by atoms with Crippen LogP contribution in [0.25, 0.3) is 0 Å². The summed E-state index contributed by atoms with van der Waals surface area (Å²) in [5, 5.41) is 15.6. The number of halogens is 2. The zero-order valence-corrected chi connectivity index (χ0v) is 19.0. The Morgan fingerprint density at radius 3 is 2.78 bits per heavy atom. The van der Waals surface area contributed by atoms with Crippen molar-refractivity contribution in [2.24, 2.45) is 4.99 Å². The van der Waals surface area contributed by atoms with Gasteiger partial charge in [-0.05, 0) is 37.5 Å². The third kappa shape index (κ3) is 5.81. The van der Waals surface area contributed by atoms with Crippen LogP contribution in [0.15, 0.2) is 35.6 Å². The normalized spacial score (nSPS) is 15.1. The van der Waals surface area contributed by atoms with E-state index in [1.807, 2.05) is 12.1 Å². The predicted octanol–water partition coefficient (Wildman–Crippen LogP) is 3.40. The Morgan fingerprint density at radius 2 is 2.11 bits per heavy atom. The van der Waals surface area contributed by atoms with E-state index in [0.29, 0.717) is 0 Å². The summed E-state index contributed by atoms with van der Waals surface area (Å²) in [5.74, 6) is 1.86. The van der Waals surface area contributed by atoms with Gasteiger partial charge in [0.2, 0.25) is 0 Å². The van der Waals surface area contributed by atoms with Gasteiger partial charge < -0.3 is 15.2 Å². The summed E-state index contributed by atoms with van der Waals surface area (Å²) in [5.41, 5.74) is 1.44. The number of benzene rings is 1. The molecule has 6 nitrogen and oxygen atoms in total. The molecule has 1 aliphatic rings. The van der Waals surface area contributed by atoms with Crippen LogP contribution in [0.2, 0.25) is 5.02 Å². The highest BCUT2D eigenvalue weighted by atomic mass is 127. The number of rotatable bonds is 8. The fraction of sp³-hybridized carbons (Fsp3) is 0.526. The number of nitrogens with one attached hydrogen (secondary N) is 2. The lowest BCUT2D eigenvalue weighted by Crippen LogP contribution is -2.39. The molecule has 1 fully saturated rings. The second-order valence-corrected chi connectivity index (χ2v) is 7.14. The molecule has 8 heteroatoms. The third-order valence-corrected chi connectivity index (χ3v) is 5.07. The van der Waals surface area contributed by atoms with Gasteiger partial charge in [-0.2, -0.15) is 0 Å². The first-order valence-corrected chi connectivity index (χ1v) is 9.69. The predicted molar refractivity (Wildman–Crippen MR) is 121 cm³/mol. The Bertz CT molecular complexity index is 756. The molecule has 2 N–H and O–H groups in total. The van der Waals surface area contributed by atoms with Gasteiger partial charge in [-0.1, -0.05) is 30.7 Å². The molecule has 0 saturated heterocycles. The van der Waals surface area contributed by atoms with Gasteiger partial charge in [-0.25, -0.2) is 0 Å². The molecule has 0 aliphatic heterocycles. The summed E-state index contributed by atoms with van der Waals surface area (Å²) in [6.07, 6.45) is 4.99. The number of hydrogen-bond donors (Lipinski definition) is 2. The molecule has 3 rings (SSSR count). The average Bonchev–Trinajstić information content (AvgIpc) is 3.31. The van der Waals surface area contributed by atoms with Crippen molar-refractivity contribution in [1.82, 2.24) is 25.4 Å². The van der Waals surface area contributed by atoms with Crippen LogP contribution in [-0.2, 0) is 18.4 Å². The zero-order chi connectivity index (χ0) is 18.4. The van der Waals surface area contributed by atoms with Gasteiger partial charge in [-0.3, -0.25) is 4.99 Å². The molecule has 1 heterocycles. The van der Waals surface area contributed by atoms with Crippen LogP contribution < -0.4 is 10.6 Å². The Balaban J connectivity index is 0.00000261. The fourth-order valence-electron chi connectivity index (χ4n) is 3.11. The Labute approximate surface area is 183 Å². The van der Waals surface area contributed by atoms with Crippen LogP contribution in [0.4, 0.5) is 0 Å². The molecule has 0 atom stereocenters. The molecule has 0 radical (unpaired) electrons. The van der Waals surface area contributed by atoms with E-state index in [0.717, 1.165) is 62.2 Å². The molecular formula is C19H28ClIN6. The van der Waals surface area contributed by atoms with Crippen molar-refractivity contribution in [3.8, 4) is 0 Å². The number of hydrogen-bond acceptors (Lipinski definition) is 3. The van der Waals surface area contributed by atoms with E-state index < -0.39 is 0 Å². The highest BCUT2D eigenvalue weighted by molar-refractivity contribution is 14.0. The second-order valence-electron chi connectivity index (χ2n) is 6.71. The molecule has 0 spiro atoms. The highest BCUT2D eigenvalue weighted by Gasteiger charge is 2.44. The van der Waals surface area contributed by atoms with Crippen molar-refractivity contribution in [1.29, 1.82) is 0 Å². The minimum Gasteiger partial charge on any atom is -0.357 e. The van der Waals surface area contributed by atoms with Crippen LogP contribution in [0, 0.1) is 0 Å². The minimum absolute atomic E-state index is 0. The number of nitrogens with zero attached hydrogens (tertiary/aromatic N) is 4. The largest absolute Gasteiger partial charge is 0.357 e. The minimum atomic E-state index is 0. The van der Waals surface area contributed by atoms with E-state index in [1.165, 1.54) is 5.56 Å². The number of guanidine groups is 1. The SMILES string of the molecule is CCNC(=NCC1(c2cccc(Cl)c2)CC1)NCCn1cnnc1CC.I. The van der Waals surface area contributed by atoms with E-state index in [9.17, 15) is 0 Å². The zero-order valence-electron chi connectivity index (χ0n) is 15.9. The van der Waals surface area contributed by atoms with E-state index in [-0.39, 0.29) is 29.4 Å². The summed E-state index contributed by atoms with van der Waals surface area (Å²) in [7, 11) is 0. The van der Waals surface area contributed by atoms with Crippen LogP contribution in [0.1, 0.15) is 38.1 Å². The molecule has 1 saturated carbocycles. The van der Waals surface area contributed by atoms with Gasteiger partial charge in [0.1, 0.15) is 12.2 Å². The molecule has 0 bridgehead atoms. The summed E-state index contributed by atoms with van der Waals surface area (Å²) < 4.78 is 2.07. The van der Waals surface area contributed by atoms with Gasteiger partial charge in [0.15, 0.2) is 5.96 Å². The Kier molecular flexibility index (Phi) is 8.34. The van der Waals surface area contributed by atoms with Crippen LogP contribution in [-0.4, -0.2) is 40.4 Å². The van der Waals surface area contributed by atoms with Crippen molar-refractivity contribution >= 4 is 41.5 Å². The molecule has 1 aromatic heterocycles. The third-order valence-electron chi connectivity index (χ3n) is 4.83. The molecule has 27 heavy (non-hydrogen) atoms. The van der Waals surface area contributed by atoms with E-state index in [1.54, 1.807) is 6.33 Å². The maximum atomic E-state index is 6.16. The summed E-state index contributed by atoms with van der Waals surface area (Å²) in [4.78, 5) is 4.83. The summed E-state index contributed by atoms with van der Waals surface area (Å²) in [6, 6.07) is 8.18. The number of aromatic nitrogens is 3. The van der Waals surface area contributed by atoms with Gasteiger partial charge in [0.05, 0.1) is 6.54 Å². The van der Waals surface area contributed by atoms with Crippen molar-refractivity contribution in [2.75, 3.05) is 19.6 Å². The number of aliphatic imine (C=N–C) groups is 1. The lowest BCUT2D eigenvalue weighted by Gasteiger charge is -2.16. The fourth-order valence-corrected chi connectivity index (χ4v) is 3.30. The average molecular weight is 503 g/mol.